The summed E-state index contributed by atoms with van der Waals surface area (Å²) < 4.78 is 5.86. The van der Waals surface area contributed by atoms with Crippen molar-refractivity contribution in [3.8, 4) is 18.9 Å². The summed E-state index contributed by atoms with van der Waals surface area (Å²) in [6.07, 6.45) is 8.71. The highest BCUT2D eigenvalue weighted by atomic mass is 32.2. The van der Waals surface area contributed by atoms with Gasteiger partial charge in [-0.15, -0.1) is 24.6 Å². The minimum atomic E-state index is -1.34. The van der Waals surface area contributed by atoms with Crippen molar-refractivity contribution in [3.63, 3.8) is 0 Å². The van der Waals surface area contributed by atoms with Crippen LogP contribution in [0.15, 0.2) is 18.3 Å². The Morgan fingerprint density at radius 2 is 2.22 bits per heavy atom. The number of hydrogen-bond donors (Lipinski definition) is 2. The summed E-state index contributed by atoms with van der Waals surface area (Å²) in [7, 11) is 0. The number of aromatic nitrogens is 1. The molecule has 0 aliphatic carbocycles. The number of carbonyl (C=O) groups excluding carboxylic acids is 1. The normalized spacial score (nSPS) is 37.4. The number of rotatable bonds is 1. The zero-order valence-corrected chi connectivity index (χ0v) is 15.7. The van der Waals surface area contributed by atoms with Gasteiger partial charge in [-0.25, -0.2) is 4.98 Å². The number of carbonyl (C=O) groups is 1. The highest BCUT2D eigenvalue weighted by molar-refractivity contribution is 8.01. The molecule has 0 radical (unpaired) electrons. The Morgan fingerprint density at radius 3 is 2.85 bits per heavy atom. The van der Waals surface area contributed by atoms with Crippen molar-refractivity contribution in [1.82, 2.24) is 4.98 Å². The molecule has 0 saturated carbocycles. The molecular weight excluding hydrogens is 366 g/mol. The molecule has 1 aromatic heterocycles. The van der Waals surface area contributed by atoms with Crippen LogP contribution >= 0.6 is 11.8 Å². The number of anilines is 1. The molecular formula is C19H21N3O4S. The van der Waals surface area contributed by atoms with Crippen molar-refractivity contribution in [1.29, 1.82) is 5.26 Å². The maximum atomic E-state index is 13.1. The molecule has 0 bridgehead atoms. The third-order valence-corrected chi connectivity index (χ3v) is 6.83. The Morgan fingerprint density at radius 1 is 1.48 bits per heavy atom. The van der Waals surface area contributed by atoms with E-state index in [1.165, 1.54) is 22.9 Å². The number of aliphatic hydroxyl groups excluding tert-OH is 1. The second-order valence-electron chi connectivity index (χ2n) is 6.87. The molecule has 7 nitrogen and oxygen atoms in total. The van der Waals surface area contributed by atoms with Gasteiger partial charge < -0.3 is 14.9 Å². The first-order valence-corrected chi connectivity index (χ1v) is 9.60. The van der Waals surface area contributed by atoms with E-state index < -0.39 is 29.1 Å². The van der Waals surface area contributed by atoms with Crippen LogP contribution in [0.1, 0.15) is 25.5 Å². The van der Waals surface area contributed by atoms with Crippen LogP contribution in [0.3, 0.4) is 0 Å². The monoisotopic (exact) mass is 387 g/mol. The Balaban J connectivity index is 0.00000102. The summed E-state index contributed by atoms with van der Waals surface area (Å²) >= 11 is 1.49. The average molecular weight is 387 g/mol. The second-order valence-corrected chi connectivity index (χ2v) is 8.45. The maximum absolute atomic E-state index is 13.1. The third-order valence-electron chi connectivity index (χ3n) is 5.39. The molecule has 1 amide bonds. The van der Waals surface area contributed by atoms with E-state index in [1.807, 2.05) is 13.0 Å². The molecule has 3 aliphatic heterocycles. The number of thioether (sulfide) groups is 1. The van der Waals surface area contributed by atoms with Crippen LogP contribution in [0.2, 0.25) is 0 Å². The second kappa shape index (κ2) is 7.49. The van der Waals surface area contributed by atoms with Gasteiger partial charge in [0.25, 0.3) is 0 Å². The van der Waals surface area contributed by atoms with E-state index >= 15 is 0 Å². The molecule has 27 heavy (non-hydrogen) atoms. The lowest BCUT2D eigenvalue weighted by Crippen LogP contribution is -2.59. The molecule has 3 saturated heterocycles. The summed E-state index contributed by atoms with van der Waals surface area (Å²) in [5.41, 5.74) is -0.534. The van der Waals surface area contributed by atoms with Gasteiger partial charge in [-0.1, -0.05) is 6.92 Å². The average Bonchev–Trinajstić information content (AvgIpc) is 2.90. The van der Waals surface area contributed by atoms with Crippen LogP contribution in [0.4, 0.5) is 5.69 Å². The van der Waals surface area contributed by atoms with Crippen molar-refractivity contribution in [2.75, 3.05) is 11.5 Å². The molecule has 4 unspecified atom stereocenters. The van der Waals surface area contributed by atoms with Crippen molar-refractivity contribution in [2.45, 2.75) is 48.2 Å². The Bertz CT molecular complexity index is 777. The van der Waals surface area contributed by atoms with E-state index in [2.05, 4.69) is 17.8 Å². The van der Waals surface area contributed by atoms with Crippen LogP contribution in [-0.2, 0) is 9.53 Å². The van der Waals surface area contributed by atoms with Crippen LogP contribution < -0.4 is 4.90 Å². The van der Waals surface area contributed by atoms with E-state index in [0.29, 0.717) is 18.5 Å². The minimum Gasteiger partial charge on any atom is -0.390 e. The highest BCUT2D eigenvalue weighted by Crippen LogP contribution is 2.51. The lowest BCUT2D eigenvalue weighted by molar-refractivity contribution is -0.186. The van der Waals surface area contributed by atoms with Gasteiger partial charge >= 0.3 is 0 Å². The zero-order valence-electron chi connectivity index (χ0n) is 14.9. The lowest BCUT2D eigenvalue weighted by atomic mass is 9.75. The quantitative estimate of drug-likeness (QED) is 0.690. The summed E-state index contributed by atoms with van der Waals surface area (Å²) in [5.74, 6) is -0.651. The van der Waals surface area contributed by atoms with E-state index in [1.54, 1.807) is 12.1 Å². The fourth-order valence-electron chi connectivity index (χ4n) is 4.15. The molecule has 0 spiro atoms. The van der Waals surface area contributed by atoms with Gasteiger partial charge in [-0.2, -0.15) is 5.26 Å². The van der Waals surface area contributed by atoms with Gasteiger partial charge in [-0.3, -0.25) is 9.69 Å². The predicted molar refractivity (Wildman–Crippen MR) is 101 cm³/mol. The first-order valence-electron chi connectivity index (χ1n) is 8.66. The topological polar surface area (TPSA) is 107 Å². The van der Waals surface area contributed by atoms with Gasteiger partial charge in [0, 0.05) is 11.7 Å². The summed E-state index contributed by atoms with van der Waals surface area (Å²) in [6, 6.07) is 5.17. The van der Waals surface area contributed by atoms with Crippen LogP contribution in [-0.4, -0.2) is 56.1 Å². The number of hydrogen-bond acceptors (Lipinski definition) is 7. The number of ether oxygens (including phenoxy) is 1. The lowest BCUT2D eigenvalue weighted by Gasteiger charge is -2.45. The maximum Gasteiger partial charge on any atom is 0.242 e. The van der Waals surface area contributed by atoms with Crippen LogP contribution in [0, 0.1) is 30.1 Å². The van der Waals surface area contributed by atoms with E-state index in [-0.39, 0.29) is 23.5 Å². The molecule has 0 aromatic carbocycles. The first-order chi connectivity index (χ1) is 13.0. The van der Waals surface area contributed by atoms with Gasteiger partial charge in [0.2, 0.25) is 5.91 Å². The SMILES string of the molecule is C#C.CC1CC(O)C2(O)CCOC3[C@@H]2[C@@H](S1)C(=O)N3c1ccc(C#N)nc1. The number of pyridine rings is 1. The molecule has 6 atom stereocenters. The fraction of sp³-hybridized carbons (Fsp3) is 0.526. The summed E-state index contributed by atoms with van der Waals surface area (Å²) in [4.78, 5) is 18.7. The van der Waals surface area contributed by atoms with Crippen molar-refractivity contribution >= 4 is 23.4 Å². The minimum absolute atomic E-state index is 0.0539. The van der Waals surface area contributed by atoms with Crippen molar-refractivity contribution in [3.05, 3.63) is 24.0 Å². The standard InChI is InChI=1S/C17H19N3O4S.C2H2/c1-9-6-12(21)17(23)4-5-24-16-13(17)14(25-9)15(22)20(16)11-3-2-10(7-18)19-8-11;1-2/h2-3,8-9,12-14,16,21,23H,4-6H2,1H3;1-2H/t9?,12?,13-,14+,16?,17?;/m0./s1. The Labute approximate surface area is 162 Å². The van der Waals surface area contributed by atoms with Crippen LogP contribution in [0.5, 0.6) is 0 Å². The number of terminal acetylenes is 1. The number of nitriles is 1. The Hall–Kier alpha value is -2.10. The molecule has 4 heterocycles. The van der Waals surface area contributed by atoms with E-state index in [0.717, 1.165) is 0 Å². The smallest absolute Gasteiger partial charge is 0.242 e. The molecule has 4 rings (SSSR count). The van der Waals surface area contributed by atoms with Gasteiger partial charge in [0.05, 0.1) is 35.8 Å². The molecule has 3 aliphatic rings. The first kappa shape index (κ1) is 19.7. The highest BCUT2D eigenvalue weighted by Gasteiger charge is 2.64. The molecule has 1 aromatic rings. The van der Waals surface area contributed by atoms with E-state index in [4.69, 9.17) is 10.00 Å². The molecule has 2 N–H and O–H groups in total. The Kier molecular flexibility index (Phi) is 5.45. The number of amides is 1. The molecule has 8 heteroatoms. The number of nitrogens with zero attached hydrogens (tertiary/aromatic N) is 3. The van der Waals surface area contributed by atoms with Gasteiger partial charge in [0.1, 0.15) is 23.6 Å². The zero-order chi connectivity index (χ0) is 19.8. The molecule has 3 fully saturated rings. The van der Waals surface area contributed by atoms with Gasteiger partial charge in [0.15, 0.2) is 0 Å². The third kappa shape index (κ3) is 3.09. The summed E-state index contributed by atoms with van der Waals surface area (Å²) in [5, 5.41) is 30.3. The fourth-order valence-corrected chi connectivity index (χ4v) is 5.71. The van der Waals surface area contributed by atoms with Crippen molar-refractivity contribution < 1.29 is 19.7 Å². The largest absolute Gasteiger partial charge is 0.390 e. The molecule has 142 valence electrons. The van der Waals surface area contributed by atoms with Gasteiger partial charge in [-0.05, 0) is 18.6 Å². The van der Waals surface area contributed by atoms with Crippen molar-refractivity contribution in [2.24, 2.45) is 5.92 Å². The van der Waals surface area contributed by atoms with Crippen LogP contribution in [0.25, 0.3) is 0 Å². The summed E-state index contributed by atoms with van der Waals surface area (Å²) in [6.45, 7) is 2.23. The number of aliphatic hydroxyl groups is 2. The van der Waals surface area contributed by atoms with E-state index in [9.17, 15) is 15.0 Å². The predicted octanol–water partition coefficient (Wildman–Crippen LogP) is 0.898.